The quantitative estimate of drug-likeness (QED) is 0.208. The molecular formula is C36H48N3+. The molecule has 0 spiro atoms. The first kappa shape index (κ1) is 28.7. The summed E-state index contributed by atoms with van der Waals surface area (Å²) in [7, 11) is 0. The van der Waals surface area contributed by atoms with E-state index in [9.17, 15) is 0 Å². The van der Waals surface area contributed by atoms with Crippen LogP contribution in [0.4, 0.5) is 11.4 Å². The van der Waals surface area contributed by atoms with Gasteiger partial charge in [-0.25, -0.2) is 0 Å². The molecule has 4 rings (SSSR count). The average Bonchev–Trinajstić information content (AvgIpc) is 3.52. The summed E-state index contributed by atoms with van der Waals surface area (Å²) in [6.45, 7) is 14.5. The van der Waals surface area contributed by atoms with E-state index in [0.717, 1.165) is 26.1 Å². The molecule has 0 N–H and O–H groups in total. The van der Waals surface area contributed by atoms with E-state index >= 15 is 0 Å². The number of benzene rings is 2. The molecule has 39 heavy (non-hydrogen) atoms. The minimum absolute atomic E-state index is 0.933. The molecule has 0 saturated carbocycles. The Morgan fingerprint density at radius 1 is 0.821 bits per heavy atom. The Hall–Kier alpha value is -3.33. The number of nitrogens with zero attached hydrogens (tertiary/aromatic N) is 3. The summed E-state index contributed by atoms with van der Waals surface area (Å²) in [5, 5.41) is 0. The van der Waals surface area contributed by atoms with Crippen molar-refractivity contribution in [3.05, 3.63) is 89.2 Å². The van der Waals surface area contributed by atoms with Crippen LogP contribution in [0.2, 0.25) is 0 Å². The van der Waals surface area contributed by atoms with E-state index in [1.165, 1.54) is 84.7 Å². The lowest BCUT2D eigenvalue weighted by atomic mass is 9.98. The van der Waals surface area contributed by atoms with E-state index in [-0.39, 0.29) is 0 Å². The lowest BCUT2D eigenvalue weighted by Crippen LogP contribution is -2.39. The van der Waals surface area contributed by atoms with Crippen LogP contribution >= 0.6 is 0 Å². The topological polar surface area (TPSA) is 10.4 Å². The summed E-state index contributed by atoms with van der Waals surface area (Å²) in [5.41, 5.74) is 9.17. The van der Waals surface area contributed by atoms with E-state index < -0.39 is 0 Å². The lowest BCUT2D eigenvalue weighted by Gasteiger charge is -2.22. The van der Waals surface area contributed by atoms with Crippen molar-refractivity contribution in [2.24, 2.45) is 0 Å². The molecule has 1 saturated heterocycles. The van der Waals surface area contributed by atoms with E-state index in [1.807, 2.05) is 0 Å². The van der Waals surface area contributed by atoms with Gasteiger partial charge in [0.2, 0.25) is 11.4 Å². The van der Waals surface area contributed by atoms with Crippen LogP contribution in [-0.4, -0.2) is 26.2 Å². The van der Waals surface area contributed by atoms with E-state index in [1.54, 1.807) is 0 Å². The van der Waals surface area contributed by atoms with Gasteiger partial charge in [0.1, 0.15) is 6.54 Å². The van der Waals surface area contributed by atoms with Crippen molar-refractivity contribution >= 4 is 35.2 Å². The van der Waals surface area contributed by atoms with Crippen LogP contribution < -0.4 is 14.4 Å². The van der Waals surface area contributed by atoms with Crippen LogP contribution in [0.5, 0.6) is 0 Å². The van der Waals surface area contributed by atoms with Crippen LogP contribution in [-0.2, 0) is 6.54 Å². The highest BCUT2D eigenvalue weighted by Crippen LogP contribution is 2.26. The third kappa shape index (κ3) is 7.62. The molecule has 0 aliphatic carbocycles. The average molecular weight is 523 g/mol. The lowest BCUT2D eigenvalue weighted by molar-refractivity contribution is -0.696. The Morgan fingerprint density at radius 3 is 2.18 bits per heavy atom. The Bertz CT molecular complexity index is 1220. The van der Waals surface area contributed by atoms with Crippen LogP contribution in [0.25, 0.3) is 23.8 Å². The van der Waals surface area contributed by atoms with Gasteiger partial charge < -0.3 is 9.80 Å². The first-order valence-corrected chi connectivity index (χ1v) is 15.3. The van der Waals surface area contributed by atoms with Crippen molar-refractivity contribution in [2.75, 3.05) is 36.0 Å². The maximum Gasteiger partial charge on any atom is 0.205 e. The first-order chi connectivity index (χ1) is 19.2. The molecule has 2 heterocycles. The minimum Gasteiger partial charge on any atom is -0.372 e. The van der Waals surface area contributed by atoms with Crippen molar-refractivity contribution < 1.29 is 4.57 Å². The standard InChI is InChI=1S/C36H48N3/c1-5-9-13-32(31-19-24-33(25-20-31)37(7-3)26-6-2)29-36-15-12-14-35(39(36)8-4)23-18-30-16-21-34(22-17-30)38-27-10-11-28-38/h12,14-25,29H,5-11,13,26-28H2,1-4H3/q+1. The van der Waals surface area contributed by atoms with Crippen LogP contribution in [0.3, 0.4) is 0 Å². The molecule has 1 aliphatic rings. The van der Waals surface area contributed by atoms with Gasteiger partial charge in [-0.05, 0) is 99.1 Å². The van der Waals surface area contributed by atoms with Crippen molar-refractivity contribution in [3.63, 3.8) is 0 Å². The first-order valence-electron chi connectivity index (χ1n) is 15.3. The molecule has 3 nitrogen and oxygen atoms in total. The summed E-state index contributed by atoms with van der Waals surface area (Å²) in [4.78, 5) is 4.95. The van der Waals surface area contributed by atoms with Gasteiger partial charge in [-0.1, -0.05) is 44.5 Å². The Morgan fingerprint density at radius 2 is 1.54 bits per heavy atom. The number of rotatable bonds is 13. The second kappa shape index (κ2) is 14.7. The zero-order valence-electron chi connectivity index (χ0n) is 24.7. The maximum atomic E-state index is 2.49. The zero-order chi connectivity index (χ0) is 27.5. The van der Waals surface area contributed by atoms with Crippen LogP contribution in [0.1, 0.15) is 88.7 Å². The zero-order valence-corrected chi connectivity index (χ0v) is 24.7. The fourth-order valence-electron chi connectivity index (χ4n) is 5.64. The SMILES string of the molecule is CCCC/C(=C\c1cccc(/C=C/c2ccc(N3CCCC3)cc2)[n+]1CC)c1ccc(N(CC)CCC)cc1. The molecule has 0 atom stereocenters. The highest BCUT2D eigenvalue weighted by atomic mass is 15.1. The molecule has 0 amide bonds. The molecule has 1 fully saturated rings. The molecule has 0 radical (unpaired) electrons. The molecule has 0 bridgehead atoms. The Labute approximate surface area is 237 Å². The number of pyridine rings is 1. The molecule has 1 aliphatic heterocycles. The van der Waals surface area contributed by atoms with E-state index in [0.29, 0.717) is 0 Å². The van der Waals surface area contributed by atoms with Crippen molar-refractivity contribution in [2.45, 2.75) is 72.8 Å². The van der Waals surface area contributed by atoms with Gasteiger partial charge in [0.25, 0.3) is 0 Å². The van der Waals surface area contributed by atoms with E-state index in [4.69, 9.17) is 0 Å². The summed E-state index contributed by atoms with van der Waals surface area (Å²) in [6, 6.07) is 25.0. The van der Waals surface area contributed by atoms with Gasteiger partial charge in [0.15, 0.2) is 0 Å². The normalized spacial score (nSPS) is 13.9. The number of allylic oxidation sites excluding steroid dienone is 1. The van der Waals surface area contributed by atoms with Gasteiger partial charge in [-0.15, -0.1) is 0 Å². The highest BCUT2D eigenvalue weighted by Gasteiger charge is 2.14. The number of unbranched alkanes of at least 4 members (excludes halogenated alkanes) is 1. The second-order valence-corrected chi connectivity index (χ2v) is 10.6. The minimum atomic E-state index is 0.933. The third-order valence-corrected chi connectivity index (χ3v) is 7.88. The van der Waals surface area contributed by atoms with Gasteiger partial charge in [0, 0.05) is 61.8 Å². The largest absolute Gasteiger partial charge is 0.372 e. The predicted molar refractivity (Wildman–Crippen MR) is 171 cm³/mol. The molecule has 2 aromatic carbocycles. The molecule has 3 aromatic rings. The Kier molecular flexibility index (Phi) is 10.8. The fraction of sp³-hybridized carbons (Fsp3) is 0.417. The van der Waals surface area contributed by atoms with Gasteiger partial charge in [-0.3, -0.25) is 0 Å². The van der Waals surface area contributed by atoms with Crippen molar-refractivity contribution in [3.8, 4) is 0 Å². The molecule has 1 aromatic heterocycles. The molecular weight excluding hydrogens is 474 g/mol. The van der Waals surface area contributed by atoms with Gasteiger partial charge in [-0.2, -0.15) is 4.57 Å². The number of hydrogen-bond donors (Lipinski definition) is 0. The number of hydrogen-bond acceptors (Lipinski definition) is 2. The predicted octanol–water partition coefficient (Wildman–Crippen LogP) is 8.73. The van der Waals surface area contributed by atoms with Crippen LogP contribution in [0, 0.1) is 0 Å². The fourth-order valence-corrected chi connectivity index (χ4v) is 5.64. The molecule has 0 unspecified atom stereocenters. The maximum absolute atomic E-state index is 2.49. The Balaban J connectivity index is 1.59. The number of aromatic nitrogens is 1. The van der Waals surface area contributed by atoms with Crippen LogP contribution in [0.15, 0.2) is 66.7 Å². The highest BCUT2D eigenvalue weighted by molar-refractivity contribution is 5.80. The van der Waals surface area contributed by atoms with Gasteiger partial charge in [0.05, 0.1) is 0 Å². The van der Waals surface area contributed by atoms with Crippen molar-refractivity contribution in [1.29, 1.82) is 0 Å². The smallest absolute Gasteiger partial charge is 0.205 e. The summed E-state index contributed by atoms with van der Waals surface area (Å²) >= 11 is 0. The molecule has 3 heteroatoms. The summed E-state index contributed by atoms with van der Waals surface area (Å²) in [6.07, 6.45) is 14.2. The third-order valence-electron chi connectivity index (χ3n) is 7.88. The monoisotopic (exact) mass is 522 g/mol. The van der Waals surface area contributed by atoms with Gasteiger partial charge >= 0.3 is 0 Å². The second-order valence-electron chi connectivity index (χ2n) is 10.6. The molecule has 206 valence electrons. The summed E-state index contributed by atoms with van der Waals surface area (Å²) in [5.74, 6) is 0. The van der Waals surface area contributed by atoms with Crippen molar-refractivity contribution in [1.82, 2.24) is 0 Å². The summed E-state index contributed by atoms with van der Waals surface area (Å²) < 4.78 is 2.43. The number of anilines is 2. The van der Waals surface area contributed by atoms with E-state index in [2.05, 4.69) is 127 Å².